The molecule has 1 aromatic carbocycles. The van der Waals surface area contributed by atoms with Crippen LogP contribution in [0.2, 0.25) is 0 Å². The zero-order valence-electron chi connectivity index (χ0n) is 16.3. The summed E-state index contributed by atoms with van der Waals surface area (Å²) in [6, 6.07) is 10.4. The summed E-state index contributed by atoms with van der Waals surface area (Å²) >= 11 is 0. The van der Waals surface area contributed by atoms with Crippen LogP contribution in [0, 0.1) is 11.2 Å². The Morgan fingerprint density at radius 3 is 2.66 bits per heavy atom. The normalized spacial score (nSPS) is 23.9. The molecule has 5 rings (SSSR count). The molecule has 152 valence electrons. The minimum absolute atomic E-state index is 0.0321. The second kappa shape index (κ2) is 6.64. The third-order valence-corrected chi connectivity index (χ3v) is 8.38. The van der Waals surface area contributed by atoms with Crippen LogP contribution in [0.4, 0.5) is 4.39 Å². The van der Waals surface area contributed by atoms with Crippen molar-refractivity contribution in [2.24, 2.45) is 5.41 Å². The molecule has 3 heterocycles. The van der Waals surface area contributed by atoms with E-state index in [1.165, 1.54) is 22.5 Å². The van der Waals surface area contributed by atoms with E-state index in [-0.39, 0.29) is 10.3 Å². The summed E-state index contributed by atoms with van der Waals surface area (Å²) in [5.74, 6) is -0.684. The van der Waals surface area contributed by atoms with E-state index in [9.17, 15) is 12.8 Å². The van der Waals surface area contributed by atoms with Gasteiger partial charge in [-0.3, -0.25) is 4.98 Å². The van der Waals surface area contributed by atoms with Crippen molar-refractivity contribution >= 4 is 22.3 Å². The Kier molecular flexibility index (Phi) is 4.29. The number of sulfonamides is 1. The van der Waals surface area contributed by atoms with Gasteiger partial charge in [-0.05, 0) is 50.5 Å². The molecule has 1 unspecified atom stereocenters. The first kappa shape index (κ1) is 18.8. The van der Waals surface area contributed by atoms with E-state index in [0.717, 1.165) is 29.8 Å². The SMILES string of the molecule is CC1CC=c2ncccc2=CN1C1CC2(C1)CN(S(=O)(=O)c1ccccc1F)C2. The summed E-state index contributed by atoms with van der Waals surface area (Å²) in [4.78, 5) is 6.66. The lowest BCUT2D eigenvalue weighted by molar-refractivity contribution is -0.0655. The maximum atomic E-state index is 14.0. The summed E-state index contributed by atoms with van der Waals surface area (Å²) in [5, 5.41) is 2.16. The molecule has 1 atom stereocenters. The van der Waals surface area contributed by atoms with Crippen LogP contribution in [0.1, 0.15) is 26.2 Å². The minimum atomic E-state index is -3.76. The van der Waals surface area contributed by atoms with E-state index in [1.807, 2.05) is 12.3 Å². The number of nitrogens with zero attached hydrogens (tertiary/aromatic N) is 3. The van der Waals surface area contributed by atoms with Crippen molar-refractivity contribution in [1.82, 2.24) is 14.2 Å². The van der Waals surface area contributed by atoms with Crippen molar-refractivity contribution < 1.29 is 12.8 Å². The first-order chi connectivity index (χ1) is 13.9. The Morgan fingerprint density at radius 1 is 1.14 bits per heavy atom. The maximum absolute atomic E-state index is 14.0. The van der Waals surface area contributed by atoms with Crippen LogP contribution >= 0.6 is 0 Å². The molecule has 3 aliphatic rings. The molecule has 1 aromatic heterocycles. The molecule has 2 fully saturated rings. The number of rotatable bonds is 3. The Balaban J connectivity index is 1.29. The van der Waals surface area contributed by atoms with Gasteiger partial charge in [0.05, 0.1) is 5.35 Å². The van der Waals surface area contributed by atoms with E-state index < -0.39 is 15.8 Å². The number of halogens is 1. The largest absolute Gasteiger partial charge is 0.371 e. The van der Waals surface area contributed by atoms with Crippen LogP contribution in [-0.4, -0.2) is 47.8 Å². The molecule has 1 aliphatic carbocycles. The van der Waals surface area contributed by atoms with Gasteiger partial charge in [0.25, 0.3) is 0 Å². The lowest BCUT2D eigenvalue weighted by atomic mass is 9.61. The monoisotopic (exact) mass is 413 g/mol. The quantitative estimate of drug-likeness (QED) is 0.769. The predicted octanol–water partition coefficient (Wildman–Crippen LogP) is 1.69. The minimum Gasteiger partial charge on any atom is -0.371 e. The number of aromatic nitrogens is 1. The predicted molar refractivity (Wildman–Crippen MR) is 109 cm³/mol. The zero-order valence-corrected chi connectivity index (χ0v) is 17.1. The Hall–Kier alpha value is -2.25. The van der Waals surface area contributed by atoms with E-state index in [1.54, 1.807) is 6.07 Å². The van der Waals surface area contributed by atoms with Crippen LogP contribution < -0.4 is 10.6 Å². The molecule has 1 spiro atoms. The van der Waals surface area contributed by atoms with Crippen LogP contribution in [0.3, 0.4) is 0 Å². The van der Waals surface area contributed by atoms with Gasteiger partial charge in [0.2, 0.25) is 10.0 Å². The van der Waals surface area contributed by atoms with Crippen LogP contribution in [0.5, 0.6) is 0 Å². The first-order valence-corrected chi connectivity index (χ1v) is 11.5. The lowest BCUT2D eigenvalue weighted by Crippen LogP contribution is -2.67. The van der Waals surface area contributed by atoms with Gasteiger partial charge in [0.15, 0.2) is 0 Å². The van der Waals surface area contributed by atoms with Crippen molar-refractivity contribution in [2.75, 3.05) is 13.1 Å². The highest BCUT2D eigenvalue weighted by Gasteiger charge is 2.57. The van der Waals surface area contributed by atoms with Crippen molar-refractivity contribution in [2.45, 2.75) is 43.2 Å². The highest BCUT2D eigenvalue weighted by molar-refractivity contribution is 7.89. The second-order valence-corrected chi connectivity index (χ2v) is 10.5. The molecule has 2 aromatic rings. The molecular formula is C22H24FN3O2S. The van der Waals surface area contributed by atoms with E-state index >= 15 is 0 Å². The molecule has 0 radical (unpaired) electrons. The average Bonchev–Trinajstić information content (AvgIpc) is 2.79. The molecule has 0 N–H and O–H groups in total. The molecular weight excluding hydrogens is 389 g/mol. The zero-order chi connectivity index (χ0) is 20.2. The van der Waals surface area contributed by atoms with Crippen molar-refractivity contribution in [1.29, 1.82) is 0 Å². The summed E-state index contributed by atoms with van der Waals surface area (Å²) in [7, 11) is -3.76. The number of benzene rings is 1. The van der Waals surface area contributed by atoms with Crippen LogP contribution in [0.25, 0.3) is 12.3 Å². The fourth-order valence-electron chi connectivity index (χ4n) is 4.94. The van der Waals surface area contributed by atoms with E-state index in [4.69, 9.17) is 0 Å². The molecule has 29 heavy (non-hydrogen) atoms. The highest BCUT2D eigenvalue weighted by Crippen LogP contribution is 2.52. The van der Waals surface area contributed by atoms with Gasteiger partial charge in [-0.15, -0.1) is 0 Å². The van der Waals surface area contributed by atoms with E-state index in [2.05, 4.69) is 35.1 Å². The standard InChI is InChI=1S/C22H24FN3O2S/c1-16-8-9-20-17(5-4-10-24-20)13-26(16)18-11-22(12-18)14-25(15-22)29(27,28)21-7-3-2-6-19(21)23/h2-7,9-10,13,16,18H,8,11-12,14-15H2,1H3. The van der Waals surface area contributed by atoms with Gasteiger partial charge in [0, 0.05) is 48.2 Å². The summed E-state index contributed by atoms with van der Waals surface area (Å²) in [6.07, 6.45) is 9.09. The van der Waals surface area contributed by atoms with Gasteiger partial charge < -0.3 is 4.90 Å². The molecule has 7 heteroatoms. The molecule has 5 nitrogen and oxygen atoms in total. The Bertz CT molecular complexity index is 1170. The van der Waals surface area contributed by atoms with Crippen LogP contribution in [0.15, 0.2) is 47.5 Å². The van der Waals surface area contributed by atoms with Gasteiger partial charge in [-0.1, -0.05) is 18.2 Å². The molecule has 0 amide bonds. The average molecular weight is 414 g/mol. The third-order valence-electron chi connectivity index (χ3n) is 6.56. The number of hydrogen-bond donors (Lipinski definition) is 0. The highest BCUT2D eigenvalue weighted by atomic mass is 32.2. The number of pyridine rings is 1. The third kappa shape index (κ3) is 3.07. The Labute approximate surface area is 170 Å². The van der Waals surface area contributed by atoms with Gasteiger partial charge in [-0.2, -0.15) is 4.31 Å². The lowest BCUT2D eigenvalue weighted by Gasteiger charge is -2.60. The first-order valence-electron chi connectivity index (χ1n) is 10.0. The van der Waals surface area contributed by atoms with Gasteiger partial charge >= 0.3 is 0 Å². The second-order valence-electron chi connectivity index (χ2n) is 8.61. The molecule has 0 bridgehead atoms. The fraction of sp³-hybridized carbons (Fsp3) is 0.409. The fourth-order valence-corrected chi connectivity index (χ4v) is 6.67. The van der Waals surface area contributed by atoms with Gasteiger partial charge in [-0.25, -0.2) is 12.8 Å². The van der Waals surface area contributed by atoms with Crippen molar-refractivity contribution in [3.8, 4) is 0 Å². The maximum Gasteiger partial charge on any atom is 0.246 e. The van der Waals surface area contributed by atoms with Crippen LogP contribution in [-0.2, 0) is 10.0 Å². The summed E-state index contributed by atoms with van der Waals surface area (Å²) in [6.45, 7) is 3.18. The summed E-state index contributed by atoms with van der Waals surface area (Å²) < 4.78 is 40.9. The van der Waals surface area contributed by atoms with Crippen molar-refractivity contribution in [3.63, 3.8) is 0 Å². The molecule has 1 saturated carbocycles. The molecule has 1 saturated heterocycles. The smallest absolute Gasteiger partial charge is 0.246 e. The molecule has 2 aliphatic heterocycles. The Morgan fingerprint density at radius 2 is 1.90 bits per heavy atom. The van der Waals surface area contributed by atoms with Gasteiger partial charge in [0.1, 0.15) is 10.7 Å². The summed E-state index contributed by atoms with van der Waals surface area (Å²) in [5.41, 5.74) is 0.0321. The topological polar surface area (TPSA) is 53.5 Å². The number of fused-ring (bicyclic) bond motifs is 1. The van der Waals surface area contributed by atoms with Crippen molar-refractivity contribution in [3.05, 3.63) is 59.0 Å². The van der Waals surface area contributed by atoms with E-state index in [0.29, 0.717) is 25.2 Å². The number of hydrogen-bond acceptors (Lipinski definition) is 4.